The van der Waals surface area contributed by atoms with E-state index in [9.17, 15) is 14.4 Å². The summed E-state index contributed by atoms with van der Waals surface area (Å²) in [5.74, 6) is -0.903. The highest BCUT2D eigenvalue weighted by Crippen LogP contribution is 2.15. The third kappa shape index (κ3) is 53.9. The van der Waals surface area contributed by atoms with Gasteiger partial charge in [0.1, 0.15) is 13.2 Å². The van der Waals surface area contributed by atoms with E-state index in [4.69, 9.17) is 14.2 Å². The van der Waals surface area contributed by atoms with Gasteiger partial charge in [0.2, 0.25) is 0 Å². The van der Waals surface area contributed by atoms with Gasteiger partial charge in [0.15, 0.2) is 6.10 Å². The highest BCUT2D eigenvalue weighted by molar-refractivity contribution is 5.71. The van der Waals surface area contributed by atoms with Crippen LogP contribution in [0.5, 0.6) is 0 Å². The summed E-state index contributed by atoms with van der Waals surface area (Å²) in [7, 11) is 0. The van der Waals surface area contributed by atoms with Gasteiger partial charge in [-0.1, -0.05) is 229 Å². The van der Waals surface area contributed by atoms with Crippen molar-refractivity contribution < 1.29 is 28.6 Å². The Morgan fingerprint density at radius 3 is 0.940 bits per heavy atom. The quantitative estimate of drug-likeness (QED) is 0.0262. The van der Waals surface area contributed by atoms with Crippen molar-refractivity contribution in [2.45, 2.75) is 297 Å². The van der Waals surface area contributed by atoms with Crippen LogP contribution in [0.15, 0.2) is 60.8 Å². The summed E-state index contributed by atoms with van der Waals surface area (Å²) >= 11 is 0. The van der Waals surface area contributed by atoms with Gasteiger partial charge in [-0.05, 0) is 103 Å². The normalized spacial score (nSPS) is 12.5. The number of ether oxygens (including phenoxy) is 3. The van der Waals surface area contributed by atoms with Gasteiger partial charge < -0.3 is 14.2 Å². The molecule has 6 nitrogen and oxygen atoms in total. The molecule has 0 amide bonds. The van der Waals surface area contributed by atoms with Gasteiger partial charge in [-0.2, -0.15) is 0 Å². The molecule has 0 aromatic rings. The Morgan fingerprint density at radius 2 is 0.582 bits per heavy atom. The van der Waals surface area contributed by atoms with Crippen molar-refractivity contribution in [2.24, 2.45) is 0 Å². The molecular weight excluding hydrogens is 829 g/mol. The molecule has 0 aliphatic heterocycles. The number of hydrogen-bond donors (Lipinski definition) is 0. The van der Waals surface area contributed by atoms with Crippen molar-refractivity contribution in [1.29, 1.82) is 0 Å². The number of carbonyl (C=O) groups excluding carboxylic acids is 3. The molecule has 0 aromatic heterocycles. The molecule has 1 atom stereocenters. The van der Waals surface area contributed by atoms with Crippen molar-refractivity contribution >= 4 is 17.9 Å². The Kier molecular flexibility index (Phi) is 53.3. The molecule has 6 heteroatoms. The maximum atomic E-state index is 12.8. The summed E-state index contributed by atoms with van der Waals surface area (Å²) in [6.45, 7) is 6.52. The first-order valence-electron chi connectivity index (χ1n) is 28.8. The van der Waals surface area contributed by atoms with E-state index < -0.39 is 6.10 Å². The lowest BCUT2D eigenvalue weighted by molar-refractivity contribution is -0.167. The summed E-state index contributed by atoms with van der Waals surface area (Å²) in [6.07, 6.45) is 69.2. The predicted octanol–water partition coefficient (Wildman–Crippen LogP) is 19.2. The van der Waals surface area contributed by atoms with Crippen LogP contribution in [0.1, 0.15) is 290 Å². The van der Waals surface area contributed by atoms with Gasteiger partial charge in [-0.15, -0.1) is 0 Å². The Hall–Kier alpha value is -2.89. The van der Waals surface area contributed by atoms with E-state index in [1.165, 1.54) is 148 Å². The van der Waals surface area contributed by atoms with Crippen molar-refractivity contribution in [2.75, 3.05) is 13.2 Å². The molecule has 0 aliphatic carbocycles. The SMILES string of the molecule is CC/C=C\C/C=C\C/C=C\CCCCCCCCCCCC(=O)OCC(COC(=O)CCCCC/C=C\CCCCCCCCC)OC(=O)CCCCCCC/C=C\CCCCCCCCC. The zero-order valence-electron chi connectivity index (χ0n) is 44.4. The molecule has 0 rings (SSSR count). The van der Waals surface area contributed by atoms with Gasteiger partial charge in [0.05, 0.1) is 0 Å². The molecule has 0 radical (unpaired) electrons. The standard InChI is InChI=1S/C61H108O6/c1-4-7-10-13-16-19-22-25-28-30-31-32-34-36-39-42-45-48-51-54-60(63)66-57-58(56-65-59(62)53-50-47-44-41-38-35-27-24-21-18-15-12-9-6-3)67-61(64)55-52-49-46-43-40-37-33-29-26-23-20-17-14-11-8-5-2/h7,10,16,19,25,28-29,33,35,38,58H,4-6,8-9,11-15,17-18,20-24,26-27,30-32,34,36-37,39-57H2,1-3H3/b10-7-,19-16-,28-25-,33-29-,38-35-. The molecule has 67 heavy (non-hydrogen) atoms. The Bertz CT molecular complexity index is 1210. The van der Waals surface area contributed by atoms with E-state index in [0.717, 1.165) is 103 Å². The van der Waals surface area contributed by atoms with Gasteiger partial charge in [0.25, 0.3) is 0 Å². The fourth-order valence-corrected chi connectivity index (χ4v) is 8.15. The Balaban J connectivity index is 4.38. The van der Waals surface area contributed by atoms with E-state index in [2.05, 4.69) is 81.5 Å². The van der Waals surface area contributed by atoms with Gasteiger partial charge in [-0.3, -0.25) is 14.4 Å². The fraction of sp³-hybridized carbons (Fsp3) is 0.787. The lowest BCUT2D eigenvalue weighted by Gasteiger charge is -2.18. The van der Waals surface area contributed by atoms with Crippen molar-refractivity contribution in [1.82, 2.24) is 0 Å². The van der Waals surface area contributed by atoms with Crippen molar-refractivity contribution in [3.05, 3.63) is 60.8 Å². The highest BCUT2D eigenvalue weighted by atomic mass is 16.6. The molecule has 0 aromatic carbocycles. The lowest BCUT2D eigenvalue weighted by atomic mass is 10.1. The summed E-state index contributed by atoms with van der Waals surface area (Å²) in [4.78, 5) is 38.1. The smallest absolute Gasteiger partial charge is 0.306 e. The minimum atomic E-state index is -0.786. The first-order chi connectivity index (χ1) is 33.0. The predicted molar refractivity (Wildman–Crippen MR) is 288 cm³/mol. The Labute approximate surface area is 415 Å². The third-order valence-corrected chi connectivity index (χ3v) is 12.5. The van der Waals surface area contributed by atoms with E-state index in [0.29, 0.717) is 19.3 Å². The highest BCUT2D eigenvalue weighted by Gasteiger charge is 2.19. The number of unbranched alkanes of at least 4 members (excludes halogenated alkanes) is 31. The molecule has 1 unspecified atom stereocenters. The monoisotopic (exact) mass is 937 g/mol. The maximum absolute atomic E-state index is 12.8. The van der Waals surface area contributed by atoms with Crippen LogP contribution in [0.2, 0.25) is 0 Å². The maximum Gasteiger partial charge on any atom is 0.306 e. The molecule has 0 saturated carbocycles. The zero-order valence-corrected chi connectivity index (χ0v) is 44.4. The van der Waals surface area contributed by atoms with Crippen LogP contribution in [0.3, 0.4) is 0 Å². The second kappa shape index (κ2) is 55.7. The minimum Gasteiger partial charge on any atom is -0.462 e. The average molecular weight is 938 g/mol. The van der Waals surface area contributed by atoms with Crippen molar-refractivity contribution in [3.8, 4) is 0 Å². The van der Waals surface area contributed by atoms with E-state index >= 15 is 0 Å². The molecule has 388 valence electrons. The van der Waals surface area contributed by atoms with E-state index in [1.807, 2.05) is 0 Å². The molecule has 0 N–H and O–H groups in total. The Morgan fingerprint density at radius 1 is 0.313 bits per heavy atom. The second-order valence-electron chi connectivity index (χ2n) is 19.2. The topological polar surface area (TPSA) is 78.9 Å². The van der Waals surface area contributed by atoms with Gasteiger partial charge >= 0.3 is 17.9 Å². The molecule has 0 bridgehead atoms. The van der Waals surface area contributed by atoms with Crippen LogP contribution in [-0.2, 0) is 28.6 Å². The van der Waals surface area contributed by atoms with Crippen LogP contribution in [0.4, 0.5) is 0 Å². The molecule has 0 saturated heterocycles. The molecule has 0 heterocycles. The first kappa shape index (κ1) is 64.1. The zero-order chi connectivity index (χ0) is 48.6. The van der Waals surface area contributed by atoms with Gasteiger partial charge in [-0.25, -0.2) is 0 Å². The third-order valence-electron chi connectivity index (χ3n) is 12.5. The van der Waals surface area contributed by atoms with Crippen LogP contribution >= 0.6 is 0 Å². The number of hydrogen-bond acceptors (Lipinski definition) is 6. The number of esters is 3. The van der Waals surface area contributed by atoms with E-state index in [-0.39, 0.29) is 31.1 Å². The summed E-state index contributed by atoms with van der Waals surface area (Å²) < 4.78 is 16.9. The van der Waals surface area contributed by atoms with Crippen molar-refractivity contribution in [3.63, 3.8) is 0 Å². The number of allylic oxidation sites excluding steroid dienone is 10. The van der Waals surface area contributed by atoms with Crippen LogP contribution in [-0.4, -0.2) is 37.2 Å². The van der Waals surface area contributed by atoms with Crippen LogP contribution in [0, 0.1) is 0 Å². The molecular formula is C61H108O6. The number of carbonyl (C=O) groups is 3. The summed E-state index contributed by atoms with van der Waals surface area (Å²) in [5, 5.41) is 0. The van der Waals surface area contributed by atoms with Gasteiger partial charge in [0, 0.05) is 19.3 Å². The molecule has 0 aliphatic rings. The lowest BCUT2D eigenvalue weighted by Crippen LogP contribution is -2.30. The van der Waals surface area contributed by atoms with E-state index in [1.54, 1.807) is 0 Å². The second-order valence-corrected chi connectivity index (χ2v) is 19.2. The minimum absolute atomic E-state index is 0.0840. The molecule has 0 fully saturated rings. The first-order valence-corrected chi connectivity index (χ1v) is 28.8. The average Bonchev–Trinajstić information content (AvgIpc) is 3.33. The fourth-order valence-electron chi connectivity index (χ4n) is 8.15. The largest absolute Gasteiger partial charge is 0.462 e. The van der Waals surface area contributed by atoms with Crippen LogP contribution in [0.25, 0.3) is 0 Å². The summed E-state index contributed by atoms with van der Waals surface area (Å²) in [5.41, 5.74) is 0. The number of rotatable bonds is 52. The summed E-state index contributed by atoms with van der Waals surface area (Å²) in [6, 6.07) is 0. The van der Waals surface area contributed by atoms with Crippen LogP contribution < -0.4 is 0 Å². The molecule has 0 spiro atoms.